The third-order valence-corrected chi connectivity index (χ3v) is 4.02. The number of carbonyl (C=O) groups excluding carboxylic acids is 1. The normalized spacial score (nSPS) is 10.4. The molecule has 8 heteroatoms. The van der Waals surface area contributed by atoms with E-state index in [1.54, 1.807) is 42.7 Å². The first kappa shape index (κ1) is 18.2. The second-order valence-electron chi connectivity index (χ2n) is 5.99. The van der Waals surface area contributed by atoms with E-state index < -0.39 is 5.91 Å². The molecule has 0 saturated heterocycles. The second-order valence-corrected chi connectivity index (χ2v) is 5.99. The van der Waals surface area contributed by atoms with E-state index in [9.17, 15) is 9.18 Å². The van der Waals surface area contributed by atoms with E-state index in [4.69, 9.17) is 0 Å². The number of hydrogen-bond acceptors (Lipinski definition) is 6. The SMILES string of the molecule is O=C(Nc1cnccc1-c1ccc(F)cc1)c1ccnc(Nc2ccccn2)n1. The Bertz CT molecular complexity index is 1140. The average Bonchev–Trinajstić information content (AvgIpc) is 2.76. The first-order valence-corrected chi connectivity index (χ1v) is 8.71. The minimum Gasteiger partial charge on any atom is -0.319 e. The summed E-state index contributed by atoms with van der Waals surface area (Å²) >= 11 is 0. The van der Waals surface area contributed by atoms with Gasteiger partial charge in [0.25, 0.3) is 5.91 Å². The highest BCUT2D eigenvalue weighted by molar-refractivity contribution is 6.05. The Labute approximate surface area is 165 Å². The first-order valence-electron chi connectivity index (χ1n) is 8.71. The topological polar surface area (TPSA) is 92.7 Å². The summed E-state index contributed by atoms with van der Waals surface area (Å²) in [5.41, 5.74) is 2.13. The van der Waals surface area contributed by atoms with E-state index >= 15 is 0 Å². The molecule has 0 radical (unpaired) electrons. The molecule has 0 saturated carbocycles. The number of nitrogens with zero attached hydrogens (tertiary/aromatic N) is 4. The van der Waals surface area contributed by atoms with E-state index in [0.29, 0.717) is 17.1 Å². The summed E-state index contributed by atoms with van der Waals surface area (Å²) < 4.78 is 13.2. The molecule has 0 fully saturated rings. The lowest BCUT2D eigenvalue weighted by molar-refractivity contribution is 0.102. The molecule has 4 aromatic rings. The summed E-state index contributed by atoms with van der Waals surface area (Å²) in [5.74, 6) is 0.0624. The van der Waals surface area contributed by atoms with Crippen molar-refractivity contribution in [1.29, 1.82) is 0 Å². The summed E-state index contributed by atoms with van der Waals surface area (Å²) in [7, 11) is 0. The number of halogens is 1. The van der Waals surface area contributed by atoms with Crippen LogP contribution in [-0.2, 0) is 0 Å². The third kappa shape index (κ3) is 4.38. The Hall–Kier alpha value is -4.20. The van der Waals surface area contributed by atoms with Gasteiger partial charge in [-0.1, -0.05) is 18.2 Å². The molecule has 0 unspecified atom stereocenters. The van der Waals surface area contributed by atoms with Crippen molar-refractivity contribution in [3.8, 4) is 11.1 Å². The number of hydrogen-bond donors (Lipinski definition) is 2. The smallest absolute Gasteiger partial charge is 0.274 e. The molecular weight excluding hydrogens is 371 g/mol. The van der Waals surface area contributed by atoms with Crippen LogP contribution in [-0.4, -0.2) is 25.8 Å². The van der Waals surface area contributed by atoms with Crippen molar-refractivity contribution < 1.29 is 9.18 Å². The van der Waals surface area contributed by atoms with E-state index in [-0.39, 0.29) is 17.5 Å². The highest BCUT2D eigenvalue weighted by Crippen LogP contribution is 2.27. The second kappa shape index (κ2) is 8.22. The molecule has 29 heavy (non-hydrogen) atoms. The van der Waals surface area contributed by atoms with Gasteiger partial charge < -0.3 is 10.6 Å². The molecule has 3 aromatic heterocycles. The van der Waals surface area contributed by atoms with Crippen LogP contribution >= 0.6 is 0 Å². The number of amides is 1. The summed E-state index contributed by atoms with van der Waals surface area (Å²) in [5, 5.41) is 5.75. The molecule has 7 nitrogen and oxygen atoms in total. The Balaban J connectivity index is 1.56. The van der Waals surface area contributed by atoms with Crippen molar-refractivity contribution in [1.82, 2.24) is 19.9 Å². The van der Waals surface area contributed by atoms with Crippen LogP contribution in [0.15, 0.2) is 79.4 Å². The van der Waals surface area contributed by atoms with Crippen molar-refractivity contribution in [3.63, 3.8) is 0 Å². The Kier molecular flexibility index (Phi) is 5.15. The Morgan fingerprint density at radius 2 is 1.76 bits per heavy atom. The molecule has 0 aliphatic heterocycles. The van der Waals surface area contributed by atoms with Crippen LogP contribution < -0.4 is 10.6 Å². The molecule has 0 aliphatic carbocycles. The molecule has 0 aliphatic rings. The van der Waals surface area contributed by atoms with E-state index in [1.807, 2.05) is 6.07 Å². The minimum absolute atomic E-state index is 0.173. The fraction of sp³-hybridized carbons (Fsp3) is 0. The van der Waals surface area contributed by atoms with Gasteiger partial charge in [-0.3, -0.25) is 9.78 Å². The Morgan fingerprint density at radius 1 is 0.897 bits per heavy atom. The predicted octanol–water partition coefficient (Wildman–Crippen LogP) is 4.07. The number of benzene rings is 1. The number of pyridine rings is 2. The van der Waals surface area contributed by atoms with E-state index in [2.05, 4.69) is 30.6 Å². The van der Waals surface area contributed by atoms with Crippen molar-refractivity contribution in [2.24, 2.45) is 0 Å². The number of carbonyl (C=O) groups is 1. The molecule has 2 N–H and O–H groups in total. The molecule has 0 spiro atoms. The minimum atomic E-state index is -0.423. The zero-order valence-electron chi connectivity index (χ0n) is 15.1. The van der Waals surface area contributed by atoms with Crippen molar-refractivity contribution in [2.45, 2.75) is 0 Å². The van der Waals surface area contributed by atoms with Crippen molar-refractivity contribution in [2.75, 3.05) is 10.6 Å². The van der Waals surface area contributed by atoms with Gasteiger partial charge >= 0.3 is 0 Å². The van der Waals surface area contributed by atoms with Gasteiger partial charge in [-0.2, -0.15) is 0 Å². The van der Waals surface area contributed by atoms with Crippen LogP contribution in [0.3, 0.4) is 0 Å². The first-order chi connectivity index (χ1) is 14.2. The highest BCUT2D eigenvalue weighted by atomic mass is 19.1. The number of nitrogens with one attached hydrogen (secondary N) is 2. The molecule has 1 amide bonds. The lowest BCUT2D eigenvalue weighted by Crippen LogP contribution is -2.15. The van der Waals surface area contributed by atoms with Gasteiger partial charge in [-0.15, -0.1) is 0 Å². The zero-order valence-corrected chi connectivity index (χ0v) is 15.1. The largest absolute Gasteiger partial charge is 0.319 e. The fourth-order valence-electron chi connectivity index (χ4n) is 2.66. The van der Waals surface area contributed by atoms with Crippen molar-refractivity contribution in [3.05, 3.63) is 90.9 Å². The van der Waals surface area contributed by atoms with Gasteiger partial charge in [0, 0.05) is 24.2 Å². The van der Waals surface area contributed by atoms with E-state index in [1.165, 1.54) is 30.6 Å². The number of rotatable bonds is 5. The van der Waals surface area contributed by atoms with Crippen LogP contribution in [0.2, 0.25) is 0 Å². The molecule has 4 rings (SSSR count). The van der Waals surface area contributed by atoms with Crippen LogP contribution in [0.25, 0.3) is 11.1 Å². The quantitative estimate of drug-likeness (QED) is 0.537. The molecule has 0 bridgehead atoms. The average molecular weight is 386 g/mol. The maximum atomic E-state index is 13.2. The maximum Gasteiger partial charge on any atom is 0.274 e. The molecule has 1 aromatic carbocycles. The third-order valence-electron chi connectivity index (χ3n) is 4.02. The maximum absolute atomic E-state index is 13.2. The van der Waals surface area contributed by atoms with Crippen LogP contribution in [0.5, 0.6) is 0 Å². The molecular formula is C21H15FN6O. The standard InChI is InChI=1S/C21H15FN6O/c22-15-6-4-14(5-7-15)16-8-11-23-13-18(16)26-20(29)17-9-12-25-21(27-17)28-19-3-1-2-10-24-19/h1-13H,(H,26,29)(H,24,25,27,28). The van der Waals surface area contributed by atoms with E-state index in [0.717, 1.165) is 5.56 Å². The van der Waals surface area contributed by atoms with Crippen molar-refractivity contribution >= 4 is 23.4 Å². The predicted molar refractivity (Wildman–Crippen MR) is 107 cm³/mol. The van der Waals surface area contributed by atoms with Gasteiger partial charge in [0.1, 0.15) is 17.3 Å². The van der Waals surface area contributed by atoms with Gasteiger partial charge in [-0.25, -0.2) is 19.3 Å². The lowest BCUT2D eigenvalue weighted by Gasteiger charge is -2.11. The highest BCUT2D eigenvalue weighted by Gasteiger charge is 2.13. The summed E-state index contributed by atoms with van der Waals surface area (Å²) in [6, 6.07) is 14.6. The summed E-state index contributed by atoms with van der Waals surface area (Å²) in [6.45, 7) is 0. The van der Waals surface area contributed by atoms with Gasteiger partial charge in [0.05, 0.1) is 11.9 Å². The monoisotopic (exact) mass is 386 g/mol. The van der Waals surface area contributed by atoms with Gasteiger partial charge in [0.2, 0.25) is 5.95 Å². The Morgan fingerprint density at radius 3 is 2.55 bits per heavy atom. The van der Waals surface area contributed by atoms with Crippen LogP contribution in [0, 0.1) is 5.82 Å². The lowest BCUT2D eigenvalue weighted by atomic mass is 10.1. The summed E-state index contributed by atoms with van der Waals surface area (Å²) in [4.78, 5) is 29.3. The fourth-order valence-corrected chi connectivity index (χ4v) is 2.66. The van der Waals surface area contributed by atoms with Crippen LogP contribution in [0.1, 0.15) is 10.5 Å². The van der Waals surface area contributed by atoms with Gasteiger partial charge in [0.15, 0.2) is 0 Å². The number of anilines is 3. The number of aromatic nitrogens is 4. The van der Waals surface area contributed by atoms with Gasteiger partial charge in [-0.05, 0) is 42.0 Å². The molecule has 142 valence electrons. The van der Waals surface area contributed by atoms with Crippen LogP contribution in [0.4, 0.5) is 21.8 Å². The molecule has 0 atom stereocenters. The zero-order chi connectivity index (χ0) is 20.1. The summed E-state index contributed by atoms with van der Waals surface area (Å²) in [6.07, 6.45) is 6.26. The molecule has 3 heterocycles.